The minimum absolute atomic E-state index is 0.193. The zero-order valence-corrected chi connectivity index (χ0v) is 12.8. The molecule has 116 valence electrons. The van der Waals surface area contributed by atoms with Gasteiger partial charge in [0.2, 0.25) is 0 Å². The molecule has 0 aliphatic carbocycles. The molecule has 2 fully saturated rings. The maximum Gasteiger partial charge on any atom is 0.409 e. The van der Waals surface area contributed by atoms with Crippen molar-refractivity contribution in [3.63, 3.8) is 0 Å². The third kappa shape index (κ3) is 4.35. The van der Waals surface area contributed by atoms with E-state index in [9.17, 15) is 4.79 Å². The molecule has 2 saturated heterocycles. The molecular weight excluding hydrogens is 256 g/mol. The molecule has 0 bridgehead atoms. The van der Waals surface area contributed by atoms with E-state index >= 15 is 0 Å². The number of piperidine rings is 1. The maximum absolute atomic E-state index is 11.6. The lowest BCUT2D eigenvalue weighted by Crippen LogP contribution is -2.46. The Morgan fingerprint density at radius 2 is 2.30 bits per heavy atom. The fourth-order valence-electron chi connectivity index (χ4n) is 3.22. The lowest BCUT2D eigenvalue weighted by atomic mass is 9.91. The molecule has 20 heavy (non-hydrogen) atoms. The molecule has 2 rings (SSSR count). The van der Waals surface area contributed by atoms with Gasteiger partial charge in [0.15, 0.2) is 0 Å². The monoisotopic (exact) mass is 284 g/mol. The van der Waals surface area contributed by atoms with Gasteiger partial charge < -0.3 is 19.7 Å². The van der Waals surface area contributed by atoms with Crippen molar-refractivity contribution < 1.29 is 14.3 Å². The number of likely N-dealkylation sites (tertiary alicyclic amines) is 1. The van der Waals surface area contributed by atoms with Crippen LogP contribution in [0.5, 0.6) is 0 Å². The molecule has 0 saturated carbocycles. The van der Waals surface area contributed by atoms with E-state index in [0.717, 1.165) is 39.1 Å². The van der Waals surface area contributed by atoms with E-state index in [2.05, 4.69) is 12.2 Å². The number of ether oxygens (including phenoxy) is 2. The van der Waals surface area contributed by atoms with E-state index in [1.165, 1.54) is 26.4 Å². The summed E-state index contributed by atoms with van der Waals surface area (Å²) in [4.78, 5) is 13.4. The maximum atomic E-state index is 11.6. The predicted molar refractivity (Wildman–Crippen MR) is 77.8 cm³/mol. The molecule has 0 spiro atoms. The van der Waals surface area contributed by atoms with Crippen LogP contribution in [0.15, 0.2) is 0 Å². The number of hydrogen-bond donors (Lipinski definition) is 1. The lowest BCUT2D eigenvalue weighted by molar-refractivity contribution is 0.0918. The number of carbonyl (C=O) groups is 1. The van der Waals surface area contributed by atoms with Gasteiger partial charge in [0.25, 0.3) is 0 Å². The smallest absolute Gasteiger partial charge is 0.409 e. The van der Waals surface area contributed by atoms with Crippen LogP contribution in [-0.2, 0) is 9.47 Å². The van der Waals surface area contributed by atoms with Gasteiger partial charge in [-0.2, -0.15) is 0 Å². The van der Waals surface area contributed by atoms with Gasteiger partial charge in [-0.05, 0) is 51.5 Å². The first-order valence-corrected chi connectivity index (χ1v) is 7.88. The molecule has 2 aliphatic rings. The molecule has 0 aromatic rings. The summed E-state index contributed by atoms with van der Waals surface area (Å²) < 4.78 is 10.5. The molecule has 2 heterocycles. The van der Waals surface area contributed by atoms with Crippen LogP contribution in [0.25, 0.3) is 0 Å². The Bertz CT molecular complexity index is 305. The van der Waals surface area contributed by atoms with Gasteiger partial charge in [0.1, 0.15) is 0 Å². The van der Waals surface area contributed by atoms with Crippen molar-refractivity contribution in [1.82, 2.24) is 10.2 Å². The van der Waals surface area contributed by atoms with Crippen molar-refractivity contribution in [1.29, 1.82) is 0 Å². The topological polar surface area (TPSA) is 50.8 Å². The second-order valence-corrected chi connectivity index (χ2v) is 5.98. The van der Waals surface area contributed by atoms with E-state index in [1.54, 1.807) is 0 Å². The van der Waals surface area contributed by atoms with Crippen LogP contribution < -0.4 is 5.32 Å². The summed E-state index contributed by atoms with van der Waals surface area (Å²) in [7, 11) is 1.45. The zero-order valence-electron chi connectivity index (χ0n) is 12.8. The molecule has 3 atom stereocenters. The summed E-state index contributed by atoms with van der Waals surface area (Å²) in [5.41, 5.74) is 0. The van der Waals surface area contributed by atoms with Crippen LogP contribution >= 0.6 is 0 Å². The number of methoxy groups -OCH3 is 1. The third-order valence-corrected chi connectivity index (χ3v) is 4.55. The summed E-state index contributed by atoms with van der Waals surface area (Å²) in [5, 5.41) is 3.60. The van der Waals surface area contributed by atoms with Crippen LogP contribution in [0.1, 0.15) is 39.0 Å². The summed E-state index contributed by atoms with van der Waals surface area (Å²) in [6.45, 7) is 5.78. The molecule has 0 aromatic carbocycles. The molecule has 5 nitrogen and oxygen atoms in total. The Morgan fingerprint density at radius 1 is 1.45 bits per heavy atom. The second kappa shape index (κ2) is 7.84. The molecule has 0 unspecified atom stereocenters. The molecule has 1 amide bonds. The highest BCUT2D eigenvalue weighted by Crippen LogP contribution is 2.21. The highest BCUT2D eigenvalue weighted by Gasteiger charge is 2.27. The van der Waals surface area contributed by atoms with E-state index in [-0.39, 0.29) is 6.09 Å². The summed E-state index contributed by atoms with van der Waals surface area (Å²) >= 11 is 0. The molecule has 1 N–H and O–H groups in total. The van der Waals surface area contributed by atoms with Gasteiger partial charge in [-0.25, -0.2) is 4.79 Å². The van der Waals surface area contributed by atoms with Crippen LogP contribution in [0.3, 0.4) is 0 Å². The Labute approximate surface area is 122 Å². The highest BCUT2D eigenvalue weighted by molar-refractivity contribution is 5.67. The van der Waals surface area contributed by atoms with Crippen molar-refractivity contribution in [3.8, 4) is 0 Å². The first-order valence-electron chi connectivity index (χ1n) is 7.88. The quantitative estimate of drug-likeness (QED) is 0.839. The second-order valence-electron chi connectivity index (χ2n) is 5.98. The van der Waals surface area contributed by atoms with Crippen molar-refractivity contribution in [3.05, 3.63) is 0 Å². The number of rotatable bonds is 5. The molecular formula is C15H28N2O3. The summed E-state index contributed by atoms with van der Waals surface area (Å²) in [5.74, 6) is 0.521. The van der Waals surface area contributed by atoms with Crippen molar-refractivity contribution in [2.75, 3.05) is 33.4 Å². The standard InChI is InChI=1S/C15H28N2O3/c1-12(16-8-7-14-6-4-10-20-14)13-5-3-9-17(11-13)15(18)19-2/h12-14,16H,3-11H2,1-2H3/t12-,13+,14+/m1/s1. The first kappa shape index (κ1) is 15.6. The summed E-state index contributed by atoms with van der Waals surface area (Å²) in [6, 6.07) is 0.434. The minimum atomic E-state index is -0.193. The van der Waals surface area contributed by atoms with E-state index < -0.39 is 0 Å². The van der Waals surface area contributed by atoms with Crippen LogP contribution in [0, 0.1) is 5.92 Å². The first-order chi connectivity index (χ1) is 9.70. The Balaban J connectivity index is 1.68. The van der Waals surface area contributed by atoms with Crippen LogP contribution in [-0.4, -0.2) is 56.5 Å². The van der Waals surface area contributed by atoms with Gasteiger partial charge in [-0.1, -0.05) is 0 Å². The summed E-state index contributed by atoms with van der Waals surface area (Å²) in [6.07, 6.45) is 6.01. The Morgan fingerprint density at radius 3 is 3.00 bits per heavy atom. The van der Waals surface area contributed by atoms with Gasteiger partial charge in [-0.3, -0.25) is 0 Å². The van der Waals surface area contributed by atoms with Gasteiger partial charge >= 0.3 is 6.09 Å². The molecule has 0 aromatic heterocycles. The number of nitrogens with one attached hydrogen (secondary N) is 1. The molecule has 2 aliphatic heterocycles. The number of hydrogen-bond acceptors (Lipinski definition) is 4. The third-order valence-electron chi connectivity index (χ3n) is 4.55. The largest absolute Gasteiger partial charge is 0.453 e. The normalized spacial score (nSPS) is 28.4. The molecule has 0 radical (unpaired) electrons. The van der Waals surface area contributed by atoms with E-state index in [4.69, 9.17) is 9.47 Å². The van der Waals surface area contributed by atoms with Crippen molar-refractivity contribution in [2.45, 2.75) is 51.2 Å². The number of carbonyl (C=O) groups excluding carboxylic acids is 1. The molecule has 5 heteroatoms. The fraction of sp³-hybridized carbons (Fsp3) is 0.933. The zero-order chi connectivity index (χ0) is 14.4. The van der Waals surface area contributed by atoms with Crippen LogP contribution in [0.2, 0.25) is 0 Å². The van der Waals surface area contributed by atoms with Crippen molar-refractivity contribution in [2.24, 2.45) is 5.92 Å². The fourth-order valence-corrected chi connectivity index (χ4v) is 3.22. The van der Waals surface area contributed by atoms with Gasteiger partial charge in [0.05, 0.1) is 13.2 Å². The SMILES string of the molecule is COC(=O)N1CCC[C@H]([C@@H](C)NCC[C@@H]2CCCO2)C1. The average Bonchev–Trinajstić information content (AvgIpc) is 2.99. The highest BCUT2D eigenvalue weighted by atomic mass is 16.5. The minimum Gasteiger partial charge on any atom is -0.453 e. The Hall–Kier alpha value is -0.810. The van der Waals surface area contributed by atoms with Gasteiger partial charge in [0, 0.05) is 25.7 Å². The van der Waals surface area contributed by atoms with E-state index in [0.29, 0.717) is 18.1 Å². The van der Waals surface area contributed by atoms with Crippen LogP contribution in [0.4, 0.5) is 4.79 Å². The van der Waals surface area contributed by atoms with Crippen molar-refractivity contribution >= 4 is 6.09 Å². The number of nitrogens with zero attached hydrogens (tertiary/aromatic N) is 1. The average molecular weight is 284 g/mol. The Kier molecular flexibility index (Phi) is 6.10. The van der Waals surface area contributed by atoms with E-state index in [1.807, 2.05) is 4.90 Å². The predicted octanol–water partition coefficient (Wildman–Crippen LogP) is 2.01. The van der Waals surface area contributed by atoms with Gasteiger partial charge in [-0.15, -0.1) is 0 Å². The number of amides is 1. The lowest BCUT2D eigenvalue weighted by Gasteiger charge is -2.35.